The zero-order chi connectivity index (χ0) is 15.5. The smallest absolute Gasteiger partial charge is 0.180 e. The molecule has 5 heteroatoms. The van der Waals surface area contributed by atoms with Gasteiger partial charge in [-0.15, -0.1) is 0 Å². The van der Waals surface area contributed by atoms with Gasteiger partial charge in [-0.2, -0.15) is 0 Å². The molecule has 0 bridgehead atoms. The van der Waals surface area contributed by atoms with E-state index in [4.69, 9.17) is 4.74 Å². The molecule has 0 amide bonds. The summed E-state index contributed by atoms with van der Waals surface area (Å²) in [4.78, 5) is 12.7. The number of ether oxygens (including phenoxy) is 1. The maximum absolute atomic E-state index is 5.94. The third-order valence-corrected chi connectivity index (χ3v) is 3.58. The minimum Gasteiger partial charge on any atom is -0.485 e. The first-order valence-electron chi connectivity index (χ1n) is 7.31. The summed E-state index contributed by atoms with van der Waals surface area (Å²) in [5.41, 5.74) is 3.63. The third-order valence-electron chi connectivity index (χ3n) is 3.58. The molecule has 0 aliphatic heterocycles. The molecule has 0 saturated carbocycles. The molecule has 3 heterocycles. The van der Waals surface area contributed by atoms with E-state index in [1.165, 1.54) is 6.33 Å². The Morgan fingerprint density at radius 3 is 2.70 bits per heavy atom. The van der Waals surface area contributed by atoms with Crippen molar-refractivity contribution in [3.05, 3.63) is 79.0 Å². The summed E-state index contributed by atoms with van der Waals surface area (Å²) in [6, 6.07) is 15.8. The third kappa shape index (κ3) is 2.64. The lowest BCUT2D eigenvalue weighted by Gasteiger charge is -2.08. The monoisotopic (exact) mass is 302 g/mol. The molecule has 0 atom stereocenters. The van der Waals surface area contributed by atoms with Crippen molar-refractivity contribution in [2.24, 2.45) is 0 Å². The lowest BCUT2D eigenvalue weighted by molar-refractivity contribution is 0.308. The molecule has 4 rings (SSSR count). The second-order valence-electron chi connectivity index (χ2n) is 5.08. The molecular formula is C18H14N4O. The van der Waals surface area contributed by atoms with Crippen molar-refractivity contribution in [3.8, 4) is 17.1 Å². The summed E-state index contributed by atoms with van der Waals surface area (Å²) in [5, 5.41) is 0. The second-order valence-corrected chi connectivity index (χ2v) is 5.08. The van der Waals surface area contributed by atoms with Crippen LogP contribution in [0.15, 0.2) is 73.4 Å². The molecule has 4 aromatic rings. The number of aromatic nitrogens is 4. The number of rotatable bonds is 4. The minimum atomic E-state index is 0.510. The Morgan fingerprint density at radius 2 is 1.87 bits per heavy atom. The fourth-order valence-corrected chi connectivity index (χ4v) is 2.46. The van der Waals surface area contributed by atoms with Crippen molar-refractivity contribution >= 4 is 5.65 Å². The van der Waals surface area contributed by atoms with Gasteiger partial charge in [-0.3, -0.25) is 4.40 Å². The molecule has 0 N–H and O–H groups in total. The predicted octanol–water partition coefficient (Wildman–Crippen LogP) is 3.37. The minimum absolute atomic E-state index is 0.510. The molecule has 3 aromatic heterocycles. The van der Waals surface area contributed by atoms with E-state index in [0.29, 0.717) is 6.61 Å². The first-order valence-corrected chi connectivity index (χ1v) is 7.31. The molecule has 0 aliphatic rings. The van der Waals surface area contributed by atoms with Crippen LogP contribution in [0.4, 0.5) is 0 Å². The van der Waals surface area contributed by atoms with E-state index < -0.39 is 0 Å². The molecule has 23 heavy (non-hydrogen) atoms. The number of hydrogen-bond donors (Lipinski definition) is 0. The average molecular weight is 302 g/mol. The van der Waals surface area contributed by atoms with Gasteiger partial charge in [0, 0.05) is 12.4 Å². The molecule has 0 saturated heterocycles. The van der Waals surface area contributed by atoms with Crippen LogP contribution in [0.5, 0.6) is 5.75 Å². The van der Waals surface area contributed by atoms with Crippen LogP contribution in [0.3, 0.4) is 0 Å². The summed E-state index contributed by atoms with van der Waals surface area (Å²) in [7, 11) is 0. The lowest BCUT2D eigenvalue weighted by Crippen LogP contribution is -1.98. The van der Waals surface area contributed by atoms with E-state index in [0.717, 1.165) is 28.3 Å². The van der Waals surface area contributed by atoms with Crippen LogP contribution in [-0.4, -0.2) is 19.4 Å². The fourth-order valence-electron chi connectivity index (χ4n) is 2.46. The molecule has 112 valence electrons. The van der Waals surface area contributed by atoms with Gasteiger partial charge >= 0.3 is 0 Å². The van der Waals surface area contributed by atoms with Crippen LogP contribution in [0.1, 0.15) is 5.56 Å². The zero-order valence-electron chi connectivity index (χ0n) is 12.3. The lowest BCUT2D eigenvalue weighted by atomic mass is 10.2. The summed E-state index contributed by atoms with van der Waals surface area (Å²) in [6.45, 7) is 0.510. The van der Waals surface area contributed by atoms with E-state index in [1.54, 1.807) is 12.4 Å². The van der Waals surface area contributed by atoms with Crippen molar-refractivity contribution in [2.45, 2.75) is 6.61 Å². The largest absolute Gasteiger partial charge is 0.485 e. The van der Waals surface area contributed by atoms with Crippen LogP contribution in [-0.2, 0) is 6.61 Å². The molecular weight excluding hydrogens is 288 g/mol. The first-order chi connectivity index (χ1) is 11.4. The summed E-state index contributed by atoms with van der Waals surface area (Å²) >= 11 is 0. The molecule has 5 nitrogen and oxygen atoms in total. The Morgan fingerprint density at radius 1 is 0.957 bits per heavy atom. The zero-order valence-corrected chi connectivity index (χ0v) is 12.3. The molecule has 1 aromatic carbocycles. The Hall–Kier alpha value is -3.21. The topological polar surface area (TPSA) is 52.3 Å². The summed E-state index contributed by atoms with van der Waals surface area (Å²) in [5.74, 6) is 0.747. The van der Waals surface area contributed by atoms with E-state index in [2.05, 4.69) is 15.0 Å². The molecule has 0 fully saturated rings. The van der Waals surface area contributed by atoms with Gasteiger partial charge in [0.05, 0.1) is 17.6 Å². The predicted molar refractivity (Wildman–Crippen MR) is 87.0 cm³/mol. The highest BCUT2D eigenvalue weighted by Crippen LogP contribution is 2.25. The number of benzene rings is 1. The van der Waals surface area contributed by atoms with E-state index in [9.17, 15) is 0 Å². The van der Waals surface area contributed by atoms with Gasteiger partial charge in [0.1, 0.15) is 12.9 Å². The number of fused-ring (bicyclic) bond motifs is 1. The van der Waals surface area contributed by atoms with E-state index in [-0.39, 0.29) is 0 Å². The van der Waals surface area contributed by atoms with Gasteiger partial charge in [-0.25, -0.2) is 15.0 Å². The quantitative estimate of drug-likeness (QED) is 0.580. The number of nitrogens with zero attached hydrogens (tertiary/aromatic N) is 4. The highest BCUT2D eigenvalue weighted by Gasteiger charge is 2.10. The Balaban J connectivity index is 1.68. The van der Waals surface area contributed by atoms with Gasteiger partial charge in [-0.05, 0) is 23.8 Å². The van der Waals surface area contributed by atoms with Crippen LogP contribution in [0.2, 0.25) is 0 Å². The number of imidazole rings is 1. The Bertz CT molecular complexity index is 920. The van der Waals surface area contributed by atoms with Crippen LogP contribution in [0, 0.1) is 0 Å². The van der Waals surface area contributed by atoms with Gasteiger partial charge in [-0.1, -0.05) is 30.3 Å². The van der Waals surface area contributed by atoms with Crippen LogP contribution < -0.4 is 4.74 Å². The first kappa shape index (κ1) is 13.5. The van der Waals surface area contributed by atoms with Gasteiger partial charge < -0.3 is 4.74 Å². The highest BCUT2D eigenvalue weighted by atomic mass is 16.5. The van der Waals surface area contributed by atoms with Crippen molar-refractivity contribution < 1.29 is 4.74 Å². The van der Waals surface area contributed by atoms with E-state index in [1.807, 2.05) is 59.1 Å². The Kier molecular flexibility index (Phi) is 3.44. The fraction of sp³-hybridized carbons (Fsp3) is 0.0556. The summed E-state index contributed by atoms with van der Waals surface area (Å²) < 4.78 is 7.91. The van der Waals surface area contributed by atoms with Crippen LogP contribution in [0.25, 0.3) is 17.0 Å². The van der Waals surface area contributed by atoms with Gasteiger partial charge in [0.15, 0.2) is 11.4 Å². The SMILES string of the molecule is c1ccc(COc2cccn3c(-c4ccncn4)cnc23)cc1. The molecule has 0 radical (unpaired) electrons. The van der Waals surface area contributed by atoms with Crippen LogP contribution >= 0.6 is 0 Å². The van der Waals surface area contributed by atoms with Gasteiger partial charge in [0.2, 0.25) is 0 Å². The average Bonchev–Trinajstić information content (AvgIpc) is 3.06. The van der Waals surface area contributed by atoms with Crippen molar-refractivity contribution in [1.82, 2.24) is 19.4 Å². The summed E-state index contributed by atoms with van der Waals surface area (Å²) in [6.07, 6.45) is 7.00. The highest BCUT2D eigenvalue weighted by molar-refractivity contribution is 5.64. The molecule has 0 spiro atoms. The van der Waals surface area contributed by atoms with Crippen molar-refractivity contribution in [3.63, 3.8) is 0 Å². The molecule has 0 unspecified atom stereocenters. The number of pyridine rings is 1. The molecule has 0 aliphatic carbocycles. The maximum atomic E-state index is 5.94. The standard InChI is InChI=1S/C18H14N4O/c1-2-5-14(6-3-1)12-23-17-7-4-10-22-16(11-20-18(17)22)15-8-9-19-13-21-15/h1-11,13H,12H2. The Labute approximate surface area is 133 Å². The normalized spacial score (nSPS) is 10.8. The van der Waals surface area contributed by atoms with Crippen molar-refractivity contribution in [1.29, 1.82) is 0 Å². The number of hydrogen-bond acceptors (Lipinski definition) is 4. The second kappa shape index (κ2) is 5.88. The van der Waals surface area contributed by atoms with Gasteiger partial charge in [0.25, 0.3) is 0 Å². The van der Waals surface area contributed by atoms with Crippen molar-refractivity contribution in [2.75, 3.05) is 0 Å². The van der Waals surface area contributed by atoms with E-state index >= 15 is 0 Å². The maximum Gasteiger partial charge on any atom is 0.180 e.